The van der Waals surface area contributed by atoms with Gasteiger partial charge in [-0.05, 0) is 0 Å². The molecule has 0 heterocycles. The summed E-state index contributed by atoms with van der Waals surface area (Å²) in [6, 6.07) is 0. The van der Waals surface area contributed by atoms with E-state index in [1.807, 2.05) is 0 Å². The van der Waals surface area contributed by atoms with Crippen LogP contribution in [0.4, 0.5) is 0 Å². The molecule has 0 atom stereocenters. The lowest BCUT2D eigenvalue weighted by atomic mass is 10.7. The number of carbonyl (C=O) groups is 2. The van der Waals surface area contributed by atoms with Gasteiger partial charge in [-0.3, -0.25) is 0 Å². The van der Waals surface area contributed by atoms with E-state index in [1.54, 1.807) is 0 Å². The summed E-state index contributed by atoms with van der Waals surface area (Å²) in [5.41, 5.74) is 0. The topological polar surface area (TPSA) is 63.6 Å². The Morgan fingerprint density at radius 3 is 2.00 bits per heavy atom. The zero-order valence-electron chi connectivity index (χ0n) is 3.05. The molecular formula is C2HClO4. The predicted molar refractivity (Wildman–Crippen MR) is 19.6 cm³/mol. The highest BCUT2D eigenvalue weighted by atomic mass is 35.5. The molecule has 0 saturated carbocycles. The molecule has 0 aliphatic rings. The second-order valence-electron chi connectivity index (χ2n) is 0.670. The summed E-state index contributed by atoms with van der Waals surface area (Å²) in [5.74, 6) is -3.17. The Bertz CT molecular complexity index is 97.9. The van der Waals surface area contributed by atoms with Crippen LogP contribution < -0.4 is 0 Å². The Morgan fingerprint density at radius 1 is 1.57 bits per heavy atom. The van der Waals surface area contributed by atoms with Crippen molar-refractivity contribution in [3.05, 3.63) is 0 Å². The lowest BCUT2D eigenvalue weighted by Crippen LogP contribution is -2.11. The van der Waals surface area contributed by atoms with Crippen LogP contribution in [0.3, 0.4) is 0 Å². The van der Waals surface area contributed by atoms with Gasteiger partial charge in [-0.15, -0.1) is 0 Å². The van der Waals surface area contributed by atoms with Gasteiger partial charge in [-0.1, -0.05) is 0 Å². The minimum Gasteiger partial charge on any atom is -0.473 e. The maximum Gasteiger partial charge on any atom is 0.435 e. The van der Waals surface area contributed by atoms with Gasteiger partial charge in [0, 0.05) is 0 Å². The lowest BCUT2D eigenvalue weighted by Gasteiger charge is -1.80. The highest BCUT2D eigenvalue weighted by molar-refractivity contribution is 6.34. The maximum atomic E-state index is 9.56. The number of hydrogen-bond acceptors (Lipinski definition) is 3. The lowest BCUT2D eigenvalue weighted by molar-refractivity contribution is -0.157. The second-order valence-corrected chi connectivity index (χ2v) is 0.824. The molecular weight excluding hydrogens is 123 g/mol. The van der Waals surface area contributed by atoms with Crippen molar-refractivity contribution < 1.29 is 19.0 Å². The maximum absolute atomic E-state index is 9.56. The standard InChI is InChI=1S/C2HClO4/c3-7-2(6)1(4)5/h(H,4,5). The summed E-state index contributed by atoms with van der Waals surface area (Å²) >= 11 is 4.32. The third-order valence-electron chi connectivity index (χ3n) is 0.245. The van der Waals surface area contributed by atoms with Crippen molar-refractivity contribution >= 4 is 23.8 Å². The Labute approximate surface area is 43.8 Å². The molecule has 0 fully saturated rings. The number of carboxylic acid groups (broad SMARTS) is 1. The Morgan fingerprint density at radius 2 is 2.00 bits per heavy atom. The first-order valence-corrected chi connectivity index (χ1v) is 1.55. The number of rotatable bonds is 0. The molecule has 0 aromatic rings. The van der Waals surface area contributed by atoms with Crippen LogP contribution in [0.2, 0.25) is 0 Å². The van der Waals surface area contributed by atoms with Gasteiger partial charge in [0.1, 0.15) is 11.9 Å². The van der Waals surface area contributed by atoms with E-state index in [9.17, 15) is 9.59 Å². The summed E-state index contributed by atoms with van der Waals surface area (Å²) in [4.78, 5) is 18.9. The third-order valence-corrected chi connectivity index (χ3v) is 0.385. The van der Waals surface area contributed by atoms with Crippen LogP contribution in [0.15, 0.2) is 0 Å². The Kier molecular flexibility index (Phi) is 2.15. The van der Waals surface area contributed by atoms with Crippen LogP contribution in [-0.2, 0) is 13.9 Å². The fourth-order valence-corrected chi connectivity index (χ4v) is 0.0990. The molecule has 40 valence electrons. The molecule has 5 heteroatoms. The van der Waals surface area contributed by atoms with Crippen molar-refractivity contribution in [1.29, 1.82) is 0 Å². The quantitative estimate of drug-likeness (QED) is 0.453. The molecule has 1 N–H and O–H groups in total. The molecule has 0 bridgehead atoms. The monoisotopic (exact) mass is 124 g/mol. The highest BCUT2D eigenvalue weighted by Gasteiger charge is 2.10. The average Bonchev–Trinajstić information content (AvgIpc) is 1.65. The van der Waals surface area contributed by atoms with Gasteiger partial charge >= 0.3 is 11.9 Å². The Hall–Kier alpha value is -0.770. The van der Waals surface area contributed by atoms with Gasteiger partial charge in [0.15, 0.2) is 0 Å². The molecule has 0 radical (unpaired) electrons. The van der Waals surface area contributed by atoms with E-state index < -0.39 is 11.9 Å². The summed E-state index contributed by atoms with van der Waals surface area (Å²) in [7, 11) is 0. The Balaban J connectivity index is 3.58. The largest absolute Gasteiger partial charge is 0.473 e. The highest BCUT2D eigenvalue weighted by Crippen LogP contribution is 1.79. The average molecular weight is 124 g/mol. The first-order chi connectivity index (χ1) is 3.18. The van der Waals surface area contributed by atoms with Crippen LogP contribution >= 0.6 is 11.9 Å². The van der Waals surface area contributed by atoms with Gasteiger partial charge < -0.3 is 9.40 Å². The van der Waals surface area contributed by atoms with Gasteiger partial charge in [0.05, 0.1) is 0 Å². The smallest absolute Gasteiger partial charge is 0.435 e. The summed E-state index contributed by atoms with van der Waals surface area (Å²) in [6.07, 6.45) is 0. The number of carbonyl (C=O) groups excluding carboxylic acids is 1. The van der Waals surface area contributed by atoms with Crippen molar-refractivity contribution in [2.75, 3.05) is 0 Å². The van der Waals surface area contributed by atoms with Crippen molar-refractivity contribution in [3.63, 3.8) is 0 Å². The molecule has 0 amide bonds. The van der Waals surface area contributed by atoms with E-state index >= 15 is 0 Å². The normalized spacial score (nSPS) is 7.57. The molecule has 7 heavy (non-hydrogen) atoms. The van der Waals surface area contributed by atoms with Crippen LogP contribution in [0.5, 0.6) is 0 Å². The van der Waals surface area contributed by atoms with Gasteiger partial charge in [-0.25, -0.2) is 9.59 Å². The van der Waals surface area contributed by atoms with Crippen LogP contribution in [0.25, 0.3) is 0 Å². The molecule has 0 aromatic carbocycles. The molecule has 0 spiro atoms. The zero-order valence-corrected chi connectivity index (χ0v) is 3.81. The van der Waals surface area contributed by atoms with E-state index in [0.29, 0.717) is 0 Å². The van der Waals surface area contributed by atoms with Crippen molar-refractivity contribution in [2.45, 2.75) is 0 Å². The van der Waals surface area contributed by atoms with E-state index in [-0.39, 0.29) is 0 Å². The first-order valence-electron chi connectivity index (χ1n) is 1.24. The third kappa shape index (κ3) is 1.99. The predicted octanol–water partition coefficient (Wildman–Crippen LogP) is -0.232. The zero-order chi connectivity index (χ0) is 5.86. The number of hydrogen-bond donors (Lipinski definition) is 1. The van der Waals surface area contributed by atoms with E-state index in [1.165, 1.54) is 0 Å². The van der Waals surface area contributed by atoms with Gasteiger partial charge in [0.25, 0.3) is 0 Å². The van der Waals surface area contributed by atoms with Gasteiger partial charge in [-0.2, -0.15) is 0 Å². The van der Waals surface area contributed by atoms with Crippen LogP contribution in [-0.4, -0.2) is 17.0 Å². The summed E-state index contributed by atoms with van der Waals surface area (Å²) < 4.78 is 3.25. The minimum absolute atomic E-state index is 1.47. The molecule has 0 aromatic heterocycles. The first kappa shape index (κ1) is 6.23. The van der Waals surface area contributed by atoms with Crippen LogP contribution in [0, 0.1) is 0 Å². The molecule has 0 rings (SSSR count). The molecule has 4 nitrogen and oxygen atoms in total. The van der Waals surface area contributed by atoms with Crippen molar-refractivity contribution in [2.24, 2.45) is 0 Å². The van der Waals surface area contributed by atoms with E-state index in [4.69, 9.17) is 5.11 Å². The van der Waals surface area contributed by atoms with Gasteiger partial charge in [0.2, 0.25) is 0 Å². The summed E-state index contributed by atoms with van der Waals surface area (Å²) in [6.45, 7) is 0. The fourth-order valence-electron chi connectivity index (χ4n) is 0.0330. The van der Waals surface area contributed by atoms with E-state index in [2.05, 4.69) is 16.2 Å². The summed E-state index contributed by atoms with van der Waals surface area (Å²) in [5, 5.41) is 7.62. The van der Waals surface area contributed by atoms with Crippen molar-refractivity contribution in [3.8, 4) is 0 Å². The van der Waals surface area contributed by atoms with Crippen molar-refractivity contribution in [1.82, 2.24) is 0 Å². The molecule has 0 aliphatic heterocycles. The molecule has 0 unspecified atom stereocenters. The number of carboxylic acids is 1. The SMILES string of the molecule is O=C(O)C(=O)OCl. The van der Waals surface area contributed by atoms with Crippen LogP contribution in [0.1, 0.15) is 0 Å². The fraction of sp³-hybridized carbons (Fsp3) is 0. The number of aliphatic carboxylic acids is 1. The molecule has 0 saturated heterocycles. The van der Waals surface area contributed by atoms with E-state index in [0.717, 1.165) is 0 Å². The second kappa shape index (κ2) is 2.41. The number of halogens is 1. The minimum atomic E-state index is -1.70. The molecule has 0 aliphatic carbocycles.